The first-order chi connectivity index (χ1) is 9.13. The monoisotopic (exact) mass is 280 g/mol. The second-order valence-electron chi connectivity index (χ2n) is 4.22. The molecule has 1 atom stereocenters. The van der Waals surface area contributed by atoms with E-state index in [2.05, 4.69) is 18.8 Å². The van der Waals surface area contributed by atoms with Crippen LogP contribution in [0.2, 0.25) is 5.02 Å². The summed E-state index contributed by atoms with van der Waals surface area (Å²) < 4.78 is 11.2. The van der Waals surface area contributed by atoms with Gasteiger partial charge in [-0.25, -0.2) is 0 Å². The number of halogens is 1. The highest BCUT2D eigenvalue weighted by Gasteiger charge is 2.15. The fraction of sp³-hybridized carbons (Fsp3) is 0.500. The van der Waals surface area contributed by atoms with E-state index in [9.17, 15) is 0 Å². The molecule has 1 aromatic rings. The van der Waals surface area contributed by atoms with Crippen molar-refractivity contribution in [1.82, 2.24) is 0 Å². The van der Waals surface area contributed by atoms with E-state index in [1.165, 1.54) is 0 Å². The zero-order valence-electron chi connectivity index (χ0n) is 12.0. The Labute approximate surface area is 121 Å². The first kappa shape index (κ1) is 15.7. The third-order valence-electron chi connectivity index (χ3n) is 2.78. The maximum absolute atomic E-state index is 6.33. The topological polar surface area (TPSA) is 18.5 Å². The second-order valence-corrected chi connectivity index (χ2v) is 4.63. The summed E-state index contributed by atoms with van der Waals surface area (Å²) in [5, 5.41) is 0.706. The van der Waals surface area contributed by atoms with Gasteiger partial charge in [0.05, 0.1) is 13.2 Å². The standard InChI is InChI=1S/C16H21ClO2/c1-5-8-9-12(4)13-10-15(18-6-2)16(19-7-3)11-14(13)17/h10-12H,6-7,9H2,1-4H3. The fourth-order valence-electron chi connectivity index (χ4n) is 1.83. The molecule has 1 aromatic carbocycles. The molecule has 19 heavy (non-hydrogen) atoms. The van der Waals surface area contributed by atoms with E-state index < -0.39 is 0 Å². The van der Waals surface area contributed by atoms with Crippen molar-refractivity contribution < 1.29 is 9.47 Å². The van der Waals surface area contributed by atoms with Crippen molar-refractivity contribution >= 4 is 11.6 Å². The van der Waals surface area contributed by atoms with Crippen LogP contribution in [0.5, 0.6) is 11.5 Å². The summed E-state index contributed by atoms with van der Waals surface area (Å²) in [6.45, 7) is 9.05. The molecule has 0 fully saturated rings. The average Bonchev–Trinajstić information content (AvgIpc) is 2.39. The van der Waals surface area contributed by atoms with Gasteiger partial charge in [0.15, 0.2) is 11.5 Å². The Morgan fingerprint density at radius 2 is 1.74 bits per heavy atom. The molecule has 104 valence electrons. The first-order valence-corrected chi connectivity index (χ1v) is 7.00. The van der Waals surface area contributed by atoms with E-state index in [0.717, 1.165) is 17.7 Å². The lowest BCUT2D eigenvalue weighted by Gasteiger charge is -2.16. The molecule has 0 aromatic heterocycles. The normalized spacial score (nSPS) is 11.4. The van der Waals surface area contributed by atoms with Crippen LogP contribution in [-0.4, -0.2) is 13.2 Å². The zero-order chi connectivity index (χ0) is 14.3. The molecule has 0 saturated carbocycles. The molecule has 0 heterocycles. The van der Waals surface area contributed by atoms with E-state index in [4.69, 9.17) is 21.1 Å². The minimum absolute atomic E-state index is 0.273. The molecular formula is C16H21ClO2. The van der Waals surface area contributed by atoms with Crippen molar-refractivity contribution in [2.75, 3.05) is 13.2 Å². The van der Waals surface area contributed by atoms with Crippen LogP contribution >= 0.6 is 11.6 Å². The molecule has 1 rings (SSSR count). The lowest BCUT2D eigenvalue weighted by atomic mass is 9.97. The molecule has 0 N–H and O–H groups in total. The number of ether oxygens (including phenoxy) is 2. The van der Waals surface area contributed by atoms with Crippen LogP contribution in [0.25, 0.3) is 0 Å². The molecule has 0 saturated heterocycles. The number of hydrogen-bond donors (Lipinski definition) is 0. The highest BCUT2D eigenvalue weighted by atomic mass is 35.5. The summed E-state index contributed by atoms with van der Waals surface area (Å²) in [5.74, 6) is 7.72. The van der Waals surface area contributed by atoms with Crippen LogP contribution in [0, 0.1) is 11.8 Å². The van der Waals surface area contributed by atoms with E-state index in [1.807, 2.05) is 32.9 Å². The zero-order valence-corrected chi connectivity index (χ0v) is 12.8. The van der Waals surface area contributed by atoms with E-state index in [0.29, 0.717) is 24.0 Å². The molecule has 2 nitrogen and oxygen atoms in total. The van der Waals surface area contributed by atoms with Gasteiger partial charge in [-0.1, -0.05) is 18.5 Å². The van der Waals surface area contributed by atoms with E-state index in [1.54, 1.807) is 0 Å². The van der Waals surface area contributed by atoms with Gasteiger partial charge in [0, 0.05) is 17.5 Å². The van der Waals surface area contributed by atoms with Gasteiger partial charge >= 0.3 is 0 Å². The fourth-order valence-corrected chi connectivity index (χ4v) is 2.17. The number of rotatable bonds is 6. The van der Waals surface area contributed by atoms with Crippen molar-refractivity contribution in [2.45, 2.75) is 40.0 Å². The summed E-state index contributed by atoms with van der Waals surface area (Å²) >= 11 is 6.33. The summed E-state index contributed by atoms with van der Waals surface area (Å²) in [7, 11) is 0. The third kappa shape index (κ3) is 4.36. The molecule has 1 unspecified atom stereocenters. The van der Waals surface area contributed by atoms with E-state index >= 15 is 0 Å². The molecule has 3 heteroatoms. The predicted molar refractivity (Wildman–Crippen MR) is 80.3 cm³/mol. The summed E-state index contributed by atoms with van der Waals surface area (Å²) in [6.07, 6.45) is 0.787. The molecular weight excluding hydrogens is 260 g/mol. The van der Waals surface area contributed by atoms with Crippen molar-refractivity contribution in [3.05, 3.63) is 22.7 Å². The number of benzene rings is 1. The van der Waals surface area contributed by atoms with Gasteiger partial charge in [-0.3, -0.25) is 0 Å². The Balaban J connectivity index is 3.10. The van der Waals surface area contributed by atoms with Crippen molar-refractivity contribution in [3.63, 3.8) is 0 Å². The summed E-state index contributed by atoms with van der Waals surface area (Å²) in [5.41, 5.74) is 1.05. The highest BCUT2D eigenvalue weighted by molar-refractivity contribution is 6.31. The first-order valence-electron chi connectivity index (χ1n) is 6.62. The lowest BCUT2D eigenvalue weighted by Crippen LogP contribution is -2.01. The summed E-state index contributed by atoms with van der Waals surface area (Å²) in [4.78, 5) is 0. The Morgan fingerprint density at radius 1 is 1.16 bits per heavy atom. The molecule has 0 aliphatic rings. The molecule has 0 aliphatic heterocycles. The quantitative estimate of drug-likeness (QED) is 0.706. The van der Waals surface area contributed by atoms with Crippen LogP contribution in [-0.2, 0) is 0 Å². The van der Waals surface area contributed by atoms with Gasteiger partial charge in [-0.05, 0) is 38.3 Å². The molecule has 0 aliphatic carbocycles. The Kier molecular flexibility index (Phi) is 6.59. The largest absolute Gasteiger partial charge is 0.490 e. The maximum Gasteiger partial charge on any atom is 0.162 e. The smallest absolute Gasteiger partial charge is 0.162 e. The molecule has 0 radical (unpaired) electrons. The minimum Gasteiger partial charge on any atom is -0.490 e. The van der Waals surface area contributed by atoms with Gasteiger partial charge in [0.25, 0.3) is 0 Å². The van der Waals surface area contributed by atoms with Crippen LogP contribution in [0.4, 0.5) is 0 Å². The predicted octanol–water partition coefficient (Wildman–Crippen LogP) is 4.65. The van der Waals surface area contributed by atoms with Gasteiger partial charge in [0.1, 0.15) is 0 Å². The van der Waals surface area contributed by atoms with Crippen LogP contribution in [0.15, 0.2) is 12.1 Å². The van der Waals surface area contributed by atoms with Crippen LogP contribution < -0.4 is 9.47 Å². The highest BCUT2D eigenvalue weighted by Crippen LogP contribution is 2.37. The van der Waals surface area contributed by atoms with E-state index in [-0.39, 0.29) is 5.92 Å². The second kappa shape index (κ2) is 7.96. The third-order valence-corrected chi connectivity index (χ3v) is 3.11. The van der Waals surface area contributed by atoms with Crippen LogP contribution in [0.3, 0.4) is 0 Å². The maximum atomic E-state index is 6.33. The Bertz CT molecular complexity index is 472. The SMILES string of the molecule is CC#CCC(C)c1cc(OCC)c(OCC)cc1Cl. The van der Waals surface area contributed by atoms with Crippen molar-refractivity contribution in [3.8, 4) is 23.3 Å². The van der Waals surface area contributed by atoms with Crippen molar-refractivity contribution in [2.24, 2.45) is 0 Å². The number of hydrogen-bond acceptors (Lipinski definition) is 2. The van der Waals surface area contributed by atoms with Gasteiger partial charge in [-0.2, -0.15) is 0 Å². The molecule has 0 amide bonds. The Hall–Kier alpha value is -1.33. The molecule has 0 bridgehead atoms. The van der Waals surface area contributed by atoms with Crippen molar-refractivity contribution in [1.29, 1.82) is 0 Å². The van der Waals surface area contributed by atoms with Gasteiger partial charge < -0.3 is 9.47 Å². The average molecular weight is 281 g/mol. The molecule has 0 spiro atoms. The lowest BCUT2D eigenvalue weighted by molar-refractivity contribution is 0.287. The Morgan fingerprint density at radius 3 is 2.26 bits per heavy atom. The van der Waals surface area contributed by atoms with Crippen LogP contribution in [0.1, 0.15) is 45.6 Å². The van der Waals surface area contributed by atoms with Gasteiger partial charge in [0.2, 0.25) is 0 Å². The van der Waals surface area contributed by atoms with Gasteiger partial charge in [-0.15, -0.1) is 11.8 Å². The summed E-state index contributed by atoms with van der Waals surface area (Å²) in [6, 6.07) is 3.81. The minimum atomic E-state index is 0.273.